The van der Waals surface area contributed by atoms with Crippen LogP contribution in [0.5, 0.6) is 0 Å². The molecule has 1 aliphatic carbocycles. The molecule has 0 radical (unpaired) electrons. The van der Waals surface area contributed by atoms with Crippen molar-refractivity contribution in [2.24, 2.45) is 7.05 Å². The van der Waals surface area contributed by atoms with E-state index in [1.54, 1.807) is 16.8 Å². The highest BCUT2D eigenvalue weighted by atomic mass is 19.1. The van der Waals surface area contributed by atoms with E-state index in [-0.39, 0.29) is 11.7 Å². The van der Waals surface area contributed by atoms with Crippen molar-refractivity contribution in [3.8, 4) is 5.69 Å². The van der Waals surface area contributed by atoms with Crippen LogP contribution in [0.3, 0.4) is 0 Å². The van der Waals surface area contributed by atoms with Gasteiger partial charge in [-0.25, -0.2) is 9.07 Å². The number of nitrogens with one attached hydrogen (secondary N) is 1. The van der Waals surface area contributed by atoms with Crippen molar-refractivity contribution in [2.75, 3.05) is 0 Å². The Kier molecular flexibility index (Phi) is 4.11. The van der Waals surface area contributed by atoms with Crippen LogP contribution in [0.4, 0.5) is 4.39 Å². The van der Waals surface area contributed by atoms with E-state index in [0.717, 1.165) is 47.6 Å². The normalized spacial score (nSPS) is 13.0. The number of amides is 1. The molecule has 1 aromatic carbocycles. The number of rotatable bonds is 4. The summed E-state index contributed by atoms with van der Waals surface area (Å²) in [6, 6.07) is 10.2. The van der Waals surface area contributed by atoms with Gasteiger partial charge in [-0.15, -0.1) is 0 Å². The third kappa shape index (κ3) is 2.81. The molecule has 5 nitrogen and oxygen atoms in total. The molecular formula is C20H21FN4O. The summed E-state index contributed by atoms with van der Waals surface area (Å²) in [4.78, 5) is 12.7. The van der Waals surface area contributed by atoms with Crippen LogP contribution in [0.2, 0.25) is 0 Å². The smallest absolute Gasteiger partial charge is 0.272 e. The Labute approximate surface area is 151 Å². The number of benzene rings is 1. The highest BCUT2D eigenvalue weighted by molar-refractivity contribution is 5.94. The van der Waals surface area contributed by atoms with Gasteiger partial charge < -0.3 is 9.88 Å². The lowest BCUT2D eigenvalue weighted by Gasteiger charge is -2.07. The van der Waals surface area contributed by atoms with Crippen LogP contribution >= 0.6 is 0 Å². The Morgan fingerprint density at radius 2 is 1.96 bits per heavy atom. The summed E-state index contributed by atoms with van der Waals surface area (Å²) in [6.07, 6.45) is 2.73. The fraction of sp³-hybridized carbons (Fsp3) is 0.300. The molecule has 2 aromatic heterocycles. The van der Waals surface area contributed by atoms with Crippen molar-refractivity contribution in [1.82, 2.24) is 19.7 Å². The second-order valence-corrected chi connectivity index (χ2v) is 6.72. The first-order chi connectivity index (χ1) is 12.5. The van der Waals surface area contributed by atoms with E-state index in [9.17, 15) is 9.18 Å². The van der Waals surface area contributed by atoms with Gasteiger partial charge in [-0.1, -0.05) is 0 Å². The molecule has 1 amide bonds. The summed E-state index contributed by atoms with van der Waals surface area (Å²) in [6.45, 7) is 2.49. The van der Waals surface area contributed by atoms with Crippen molar-refractivity contribution >= 4 is 5.91 Å². The minimum absolute atomic E-state index is 0.164. The van der Waals surface area contributed by atoms with E-state index in [0.29, 0.717) is 12.2 Å². The fourth-order valence-electron chi connectivity index (χ4n) is 3.51. The van der Waals surface area contributed by atoms with Crippen molar-refractivity contribution in [3.63, 3.8) is 0 Å². The molecule has 1 aliphatic rings. The summed E-state index contributed by atoms with van der Waals surface area (Å²) in [5, 5.41) is 7.52. The van der Waals surface area contributed by atoms with Gasteiger partial charge in [-0.05, 0) is 62.6 Å². The summed E-state index contributed by atoms with van der Waals surface area (Å²) >= 11 is 0. The first-order valence-corrected chi connectivity index (χ1v) is 8.80. The monoisotopic (exact) mass is 352 g/mol. The molecule has 26 heavy (non-hydrogen) atoms. The maximum Gasteiger partial charge on any atom is 0.272 e. The maximum absolute atomic E-state index is 13.2. The van der Waals surface area contributed by atoms with E-state index in [1.807, 2.05) is 26.1 Å². The van der Waals surface area contributed by atoms with Crippen LogP contribution in [0.25, 0.3) is 5.69 Å². The van der Waals surface area contributed by atoms with Gasteiger partial charge in [-0.3, -0.25) is 4.79 Å². The van der Waals surface area contributed by atoms with Crippen LogP contribution in [0, 0.1) is 12.7 Å². The summed E-state index contributed by atoms with van der Waals surface area (Å²) in [5.74, 6) is -0.448. The van der Waals surface area contributed by atoms with Crippen molar-refractivity contribution in [3.05, 3.63) is 70.6 Å². The zero-order valence-corrected chi connectivity index (χ0v) is 14.9. The van der Waals surface area contributed by atoms with Crippen LogP contribution in [-0.4, -0.2) is 20.3 Å². The van der Waals surface area contributed by atoms with E-state index in [2.05, 4.69) is 15.0 Å². The molecule has 0 aliphatic heterocycles. The minimum Gasteiger partial charge on any atom is -0.350 e. The van der Waals surface area contributed by atoms with E-state index < -0.39 is 0 Å². The minimum atomic E-state index is -0.284. The number of carbonyl (C=O) groups excluding carboxylic acids is 1. The molecule has 2 heterocycles. The average molecular weight is 352 g/mol. The highest BCUT2D eigenvalue weighted by Crippen LogP contribution is 2.28. The van der Waals surface area contributed by atoms with Gasteiger partial charge in [-0.2, -0.15) is 5.10 Å². The number of hydrogen-bond donors (Lipinski definition) is 1. The predicted molar refractivity (Wildman–Crippen MR) is 96.9 cm³/mol. The lowest BCUT2D eigenvalue weighted by molar-refractivity contribution is 0.0944. The van der Waals surface area contributed by atoms with Gasteiger partial charge in [0.25, 0.3) is 5.91 Å². The van der Waals surface area contributed by atoms with Crippen molar-refractivity contribution in [2.45, 2.75) is 32.7 Å². The number of fused-ring (bicyclic) bond motifs is 1. The number of halogens is 1. The molecule has 6 heteroatoms. The highest BCUT2D eigenvalue weighted by Gasteiger charge is 2.26. The van der Waals surface area contributed by atoms with Crippen LogP contribution < -0.4 is 5.32 Å². The SMILES string of the molecule is Cc1ccc(CNC(=O)c2nn(-c3ccc(F)cc3)c3c2CCC3)n1C. The van der Waals surface area contributed by atoms with Crippen molar-refractivity contribution < 1.29 is 9.18 Å². The van der Waals surface area contributed by atoms with Gasteiger partial charge in [0.1, 0.15) is 5.82 Å². The Morgan fingerprint density at radius 1 is 1.19 bits per heavy atom. The maximum atomic E-state index is 13.2. The number of carbonyl (C=O) groups is 1. The van der Waals surface area contributed by atoms with E-state index in [1.165, 1.54) is 12.1 Å². The molecule has 4 rings (SSSR count). The molecule has 1 N–H and O–H groups in total. The lowest BCUT2D eigenvalue weighted by atomic mass is 10.2. The summed E-state index contributed by atoms with van der Waals surface area (Å²) < 4.78 is 17.0. The zero-order valence-electron chi connectivity index (χ0n) is 14.9. The van der Waals surface area contributed by atoms with Gasteiger partial charge in [0.05, 0.1) is 12.2 Å². The quantitative estimate of drug-likeness (QED) is 0.784. The third-order valence-corrected chi connectivity index (χ3v) is 5.12. The summed E-state index contributed by atoms with van der Waals surface area (Å²) in [7, 11) is 1.98. The third-order valence-electron chi connectivity index (χ3n) is 5.12. The Morgan fingerprint density at radius 3 is 2.65 bits per heavy atom. The zero-order chi connectivity index (χ0) is 18.3. The topological polar surface area (TPSA) is 51.9 Å². The molecule has 0 fully saturated rings. The van der Waals surface area contributed by atoms with Gasteiger partial charge in [0.2, 0.25) is 0 Å². The number of aromatic nitrogens is 3. The molecule has 134 valence electrons. The molecule has 0 saturated heterocycles. The van der Waals surface area contributed by atoms with Crippen LogP contribution in [0.15, 0.2) is 36.4 Å². The van der Waals surface area contributed by atoms with Gasteiger partial charge >= 0.3 is 0 Å². The van der Waals surface area contributed by atoms with Gasteiger partial charge in [0, 0.05) is 29.7 Å². The van der Waals surface area contributed by atoms with E-state index >= 15 is 0 Å². The van der Waals surface area contributed by atoms with Crippen molar-refractivity contribution in [1.29, 1.82) is 0 Å². The standard InChI is InChI=1S/C20H21FN4O/c1-13-6-9-16(24(13)2)12-22-20(26)19-17-4-3-5-18(17)25(23-19)15-10-7-14(21)8-11-15/h6-11H,3-5,12H2,1-2H3,(H,22,26). The van der Waals surface area contributed by atoms with Gasteiger partial charge in [0.15, 0.2) is 5.69 Å². The Bertz CT molecular complexity index is 969. The molecule has 3 aromatic rings. The van der Waals surface area contributed by atoms with E-state index in [4.69, 9.17) is 0 Å². The number of hydrogen-bond acceptors (Lipinski definition) is 2. The fourth-order valence-corrected chi connectivity index (χ4v) is 3.51. The second-order valence-electron chi connectivity index (χ2n) is 6.72. The molecule has 0 bridgehead atoms. The number of nitrogens with zero attached hydrogens (tertiary/aromatic N) is 3. The lowest BCUT2D eigenvalue weighted by Crippen LogP contribution is -2.25. The average Bonchev–Trinajstić information content (AvgIpc) is 3.31. The molecule has 0 unspecified atom stereocenters. The molecular weight excluding hydrogens is 331 g/mol. The summed E-state index contributed by atoms with van der Waals surface area (Å²) in [5.41, 5.74) is 5.52. The first-order valence-electron chi connectivity index (χ1n) is 8.80. The molecule has 0 saturated carbocycles. The largest absolute Gasteiger partial charge is 0.350 e. The van der Waals surface area contributed by atoms with Crippen LogP contribution in [0.1, 0.15) is 39.6 Å². The van der Waals surface area contributed by atoms with Crippen LogP contribution in [-0.2, 0) is 26.4 Å². The Balaban J connectivity index is 1.60. The first kappa shape index (κ1) is 16.6. The molecule has 0 spiro atoms. The number of aryl methyl sites for hydroxylation is 1. The Hall–Kier alpha value is -2.89. The molecule has 0 atom stereocenters. The predicted octanol–water partition coefficient (Wildman–Crippen LogP) is 3.08. The second kappa shape index (κ2) is 6.44.